The van der Waals surface area contributed by atoms with Gasteiger partial charge in [0, 0.05) is 12.7 Å². The lowest BCUT2D eigenvalue weighted by atomic mass is 10.1. The van der Waals surface area contributed by atoms with E-state index in [1.165, 1.54) is 0 Å². The zero-order valence-corrected chi connectivity index (χ0v) is 14.1. The largest absolute Gasteiger partial charge is 0.444 e. The van der Waals surface area contributed by atoms with Crippen LogP contribution in [0.2, 0.25) is 0 Å². The number of hydrogen-bond donors (Lipinski definition) is 0. The van der Waals surface area contributed by atoms with Gasteiger partial charge in [0.25, 0.3) is 0 Å². The molecule has 0 saturated carbocycles. The van der Waals surface area contributed by atoms with Gasteiger partial charge in [0.2, 0.25) is 0 Å². The van der Waals surface area contributed by atoms with E-state index in [9.17, 15) is 4.79 Å². The van der Waals surface area contributed by atoms with Crippen molar-refractivity contribution >= 4 is 17.9 Å². The molecule has 0 aromatic carbocycles. The third-order valence-corrected chi connectivity index (χ3v) is 4.14. The highest BCUT2D eigenvalue weighted by Crippen LogP contribution is 2.33. The minimum atomic E-state index is -0.454. The van der Waals surface area contributed by atoms with Crippen LogP contribution in [0, 0.1) is 0 Å². The Hall–Kier alpha value is -1.23. The highest BCUT2D eigenvalue weighted by atomic mass is 32.2. The van der Waals surface area contributed by atoms with Crippen molar-refractivity contribution in [1.29, 1.82) is 0 Å². The first-order chi connectivity index (χ1) is 9.90. The molecular formula is C16H24N2O2S. The SMILES string of the molecule is CCSc1ccc(C2CCCN2C(=O)OC(C)(C)C)cn1. The molecule has 1 atom stereocenters. The minimum absolute atomic E-state index is 0.0908. The number of ether oxygens (including phenoxy) is 1. The Labute approximate surface area is 131 Å². The van der Waals surface area contributed by atoms with E-state index in [-0.39, 0.29) is 12.1 Å². The topological polar surface area (TPSA) is 42.4 Å². The van der Waals surface area contributed by atoms with Gasteiger partial charge in [0.1, 0.15) is 5.60 Å². The van der Waals surface area contributed by atoms with Crippen LogP contribution in [0.15, 0.2) is 23.4 Å². The van der Waals surface area contributed by atoms with Crippen molar-refractivity contribution in [2.75, 3.05) is 12.3 Å². The van der Waals surface area contributed by atoms with E-state index in [1.807, 2.05) is 37.9 Å². The van der Waals surface area contributed by atoms with Crippen LogP contribution in [0.3, 0.4) is 0 Å². The molecule has 1 aliphatic heterocycles. The van der Waals surface area contributed by atoms with Gasteiger partial charge in [0.05, 0.1) is 11.1 Å². The molecule has 1 saturated heterocycles. The molecule has 1 aliphatic rings. The number of aromatic nitrogens is 1. The van der Waals surface area contributed by atoms with Crippen molar-refractivity contribution < 1.29 is 9.53 Å². The summed E-state index contributed by atoms with van der Waals surface area (Å²) in [5.74, 6) is 1.01. The second kappa shape index (κ2) is 6.69. The van der Waals surface area contributed by atoms with Crippen LogP contribution in [0.5, 0.6) is 0 Å². The molecule has 1 unspecified atom stereocenters. The van der Waals surface area contributed by atoms with Gasteiger partial charge in [-0.15, -0.1) is 11.8 Å². The summed E-state index contributed by atoms with van der Waals surface area (Å²) in [5.41, 5.74) is 0.642. The van der Waals surface area contributed by atoms with E-state index in [1.54, 1.807) is 11.8 Å². The van der Waals surface area contributed by atoms with Gasteiger partial charge >= 0.3 is 6.09 Å². The Kier molecular flexibility index (Phi) is 5.14. The third kappa shape index (κ3) is 4.37. The summed E-state index contributed by atoms with van der Waals surface area (Å²) in [4.78, 5) is 18.6. The zero-order valence-electron chi connectivity index (χ0n) is 13.3. The van der Waals surface area contributed by atoms with E-state index in [2.05, 4.69) is 18.0 Å². The molecule has 1 aromatic rings. The highest BCUT2D eigenvalue weighted by molar-refractivity contribution is 7.99. The second-order valence-electron chi connectivity index (χ2n) is 6.19. The molecule has 0 N–H and O–H groups in total. The van der Waals surface area contributed by atoms with Crippen LogP contribution in [-0.4, -0.2) is 33.9 Å². The smallest absolute Gasteiger partial charge is 0.410 e. The summed E-state index contributed by atoms with van der Waals surface area (Å²) in [6.45, 7) is 8.56. The summed E-state index contributed by atoms with van der Waals surface area (Å²) < 4.78 is 5.50. The number of rotatable bonds is 3. The molecular weight excluding hydrogens is 284 g/mol. The summed E-state index contributed by atoms with van der Waals surface area (Å²) in [5, 5.41) is 1.03. The zero-order chi connectivity index (χ0) is 15.5. The Balaban J connectivity index is 2.09. The molecule has 4 nitrogen and oxygen atoms in total. The quantitative estimate of drug-likeness (QED) is 0.782. The summed E-state index contributed by atoms with van der Waals surface area (Å²) in [7, 11) is 0. The van der Waals surface area contributed by atoms with Crippen molar-refractivity contribution in [3.05, 3.63) is 23.9 Å². The maximum absolute atomic E-state index is 12.3. The normalized spacial score (nSPS) is 18.9. The monoisotopic (exact) mass is 308 g/mol. The lowest BCUT2D eigenvalue weighted by Gasteiger charge is -2.28. The predicted octanol–water partition coefficient (Wildman–Crippen LogP) is 4.27. The molecule has 21 heavy (non-hydrogen) atoms. The molecule has 1 aromatic heterocycles. The van der Waals surface area contributed by atoms with Gasteiger partial charge < -0.3 is 9.64 Å². The van der Waals surface area contributed by atoms with E-state index < -0.39 is 5.60 Å². The maximum atomic E-state index is 12.3. The number of thioether (sulfide) groups is 1. The molecule has 0 aliphatic carbocycles. The van der Waals surface area contributed by atoms with Crippen LogP contribution in [-0.2, 0) is 4.74 Å². The number of carbonyl (C=O) groups is 1. The Morgan fingerprint density at radius 1 is 1.48 bits per heavy atom. The Morgan fingerprint density at radius 3 is 2.81 bits per heavy atom. The Morgan fingerprint density at radius 2 is 2.24 bits per heavy atom. The number of pyridine rings is 1. The fourth-order valence-electron chi connectivity index (χ4n) is 2.47. The van der Waals surface area contributed by atoms with Gasteiger partial charge in [-0.25, -0.2) is 9.78 Å². The summed E-state index contributed by atoms with van der Waals surface area (Å²) >= 11 is 1.73. The fraction of sp³-hybridized carbons (Fsp3) is 0.625. The number of amides is 1. The third-order valence-electron chi connectivity index (χ3n) is 3.32. The Bertz CT molecular complexity index is 482. The average Bonchev–Trinajstić information content (AvgIpc) is 2.87. The first kappa shape index (κ1) is 16.1. The van der Waals surface area contributed by atoms with Crippen LogP contribution in [0.4, 0.5) is 4.79 Å². The number of hydrogen-bond acceptors (Lipinski definition) is 4. The van der Waals surface area contributed by atoms with Gasteiger partial charge in [-0.2, -0.15) is 0 Å². The van der Waals surface area contributed by atoms with Crippen LogP contribution in [0.1, 0.15) is 52.1 Å². The second-order valence-corrected chi connectivity index (χ2v) is 7.48. The van der Waals surface area contributed by atoms with Crippen LogP contribution in [0.25, 0.3) is 0 Å². The molecule has 2 rings (SSSR count). The van der Waals surface area contributed by atoms with Crippen molar-refractivity contribution in [3.8, 4) is 0 Å². The van der Waals surface area contributed by atoms with Crippen molar-refractivity contribution in [2.45, 2.75) is 57.2 Å². The van der Waals surface area contributed by atoms with Crippen LogP contribution < -0.4 is 0 Å². The molecule has 1 fully saturated rings. The number of likely N-dealkylation sites (tertiary alicyclic amines) is 1. The van der Waals surface area contributed by atoms with E-state index in [4.69, 9.17) is 4.74 Å². The lowest BCUT2D eigenvalue weighted by molar-refractivity contribution is 0.0224. The van der Waals surface area contributed by atoms with E-state index in [0.717, 1.165) is 35.7 Å². The van der Waals surface area contributed by atoms with Gasteiger partial charge in [-0.1, -0.05) is 13.0 Å². The first-order valence-electron chi connectivity index (χ1n) is 7.49. The molecule has 5 heteroatoms. The van der Waals surface area contributed by atoms with Gasteiger partial charge in [0.15, 0.2) is 0 Å². The standard InChI is InChI=1S/C16H24N2O2S/c1-5-21-14-9-8-12(11-17-14)13-7-6-10-18(13)15(19)20-16(2,3)4/h8-9,11,13H,5-7,10H2,1-4H3. The summed E-state index contributed by atoms with van der Waals surface area (Å²) in [6, 6.07) is 4.21. The molecule has 0 bridgehead atoms. The van der Waals surface area contributed by atoms with E-state index in [0.29, 0.717) is 0 Å². The van der Waals surface area contributed by atoms with Crippen molar-refractivity contribution in [2.24, 2.45) is 0 Å². The van der Waals surface area contributed by atoms with Crippen molar-refractivity contribution in [1.82, 2.24) is 9.88 Å². The molecule has 0 radical (unpaired) electrons. The number of carbonyl (C=O) groups excluding carboxylic acids is 1. The first-order valence-corrected chi connectivity index (χ1v) is 8.47. The highest BCUT2D eigenvalue weighted by Gasteiger charge is 2.33. The van der Waals surface area contributed by atoms with Crippen molar-refractivity contribution in [3.63, 3.8) is 0 Å². The molecule has 1 amide bonds. The minimum Gasteiger partial charge on any atom is -0.444 e. The fourth-order valence-corrected chi connectivity index (χ4v) is 3.06. The number of nitrogens with zero attached hydrogens (tertiary/aromatic N) is 2. The van der Waals surface area contributed by atoms with E-state index >= 15 is 0 Å². The lowest BCUT2D eigenvalue weighted by Crippen LogP contribution is -2.36. The van der Waals surface area contributed by atoms with Gasteiger partial charge in [-0.3, -0.25) is 0 Å². The van der Waals surface area contributed by atoms with Crippen LogP contribution >= 0.6 is 11.8 Å². The maximum Gasteiger partial charge on any atom is 0.410 e. The van der Waals surface area contributed by atoms with Gasteiger partial charge in [-0.05, 0) is 51.0 Å². The predicted molar refractivity (Wildman–Crippen MR) is 85.6 cm³/mol. The molecule has 2 heterocycles. The molecule has 0 spiro atoms. The molecule has 116 valence electrons. The average molecular weight is 308 g/mol. The summed E-state index contributed by atoms with van der Waals surface area (Å²) in [6.07, 6.45) is 3.65.